The van der Waals surface area contributed by atoms with Crippen LogP contribution in [0.15, 0.2) is 91.0 Å². The van der Waals surface area contributed by atoms with Crippen LogP contribution in [-0.2, 0) is 9.59 Å². The number of hydrogen-bond donors (Lipinski definition) is 3. The van der Waals surface area contributed by atoms with Crippen molar-refractivity contribution >= 4 is 46.1 Å². The lowest BCUT2D eigenvalue weighted by atomic mass is 9.87. The summed E-state index contributed by atoms with van der Waals surface area (Å²) in [5.41, 5.74) is 8.29. The Kier molecular flexibility index (Phi) is 10.0. The second-order valence-corrected chi connectivity index (χ2v) is 16.4. The van der Waals surface area contributed by atoms with E-state index in [9.17, 15) is 29.4 Å². The van der Waals surface area contributed by atoms with E-state index in [0.717, 1.165) is 97.7 Å². The van der Waals surface area contributed by atoms with Crippen molar-refractivity contribution in [3.8, 4) is 11.5 Å². The maximum atomic E-state index is 13.5. The fourth-order valence-electron chi connectivity index (χ4n) is 9.97. The molecular formula is C47H49N5O6. The number of imide groups is 2. The smallest absolute Gasteiger partial charge is 0.262 e. The Morgan fingerprint density at radius 3 is 1.90 bits per heavy atom. The first-order valence-electron chi connectivity index (χ1n) is 20.7. The summed E-state index contributed by atoms with van der Waals surface area (Å²) in [6.45, 7) is 7.08. The lowest BCUT2D eigenvalue weighted by molar-refractivity contribution is -0.136. The van der Waals surface area contributed by atoms with E-state index in [1.807, 2.05) is 36.4 Å². The van der Waals surface area contributed by atoms with Crippen molar-refractivity contribution in [2.75, 3.05) is 42.5 Å². The molecule has 0 radical (unpaired) electrons. The zero-order chi connectivity index (χ0) is 40.1. The standard InChI is InChI=1S/C47H49N5O6/c1-2-39(30-5-14-37(53)15-6-30)44(32-7-16-38(54)17-8-32)31-3-9-33(10-4-31)49-23-21-29(22-24-49)26-50-27-36-12-11-35(50)28-51(36)34-13-18-40-41(25-34)47(58)52(46(40)57)42-19-20-43(55)48-45(42)56/h3-10,13-18,25,29,35-36,42,53-54H,2,11-12,19-24,26-28H2,1H3,(H,48,55,56). The average molecular weight is 780 g/mol. The molecule has 4 amide bonds. The monoisotopic (exact) mass is 779 g/mol. The third-order valence-corrected chi connectivity index (χ3v) is 13.1. The van der Waals surface area contributed by atoms with Crippen LogP contribution in [0.2, 0.25) is 0 Å². The van der Waals surface area contributed by atoms with Crippen molar-refractivity contribution < 1.29 is 29.4 Å². The van der Waals surface area contributed by atoms with Crippen molar-refractivity contribution in [3.63, 3.8) is 0 Å². The Labute approximate surface area is 338 Å². The normalized spacial score (nSPS) is 23.0. The van der Waals surface area contributed by atoms with Gasteiger partial charge in [0.1, 0.15) is 17.5 Å². The van der Waals surface area contributed by atoms with Crippen LogP contribution in [-0.4, -0.2) is 94.5 Å². The predicted octanol–water partition coefficient (Wildman–Crippen LogP) is 6.44. The average Bonchev–Trinajstić information content (AvgIpc) is 3.49. The van der Waals surface area contributed by atoms with Gasteiger partial charge in [0, 0.05) is 62.6 Å². The summed E-state index contributed by atoms with van der Waals surface area (Å²) >= 11 is 0. The highest BCUT2D eigenvalue weighted by Crippen LogP contribution is 2.39. The molecule has 6 heterocycles. The number of anilines is 2. The van der Waals surface area contributed by atoms with E-state index in [2.05, 4.69) is 51.2 Å². The van der Waals surface area contributed by atoms with Gasteiger partial charge in [-0.1, -0.05) is 43.3 Å². The van der Waals surface area contributed by atoms with E-state index < -0.39 is 23.8 Å². The van der Waals surface area contributed by atoms with Gasteiger partial charge >= 0.3 is 0 Å². The lowest BCUT2D eigenvalue weighted by Gasteiger charge is -2.53. The van der Waals surface area contributed by atoms with Gasteiger partial charge in [-0.3, -0.25) is 34.3 Å². The molecule has 0 aromatic heterocycles. The quantitative estimate of drug-likeness (QED) is 0.130. The second-order valence-electron chi connectivity index (χ2n) is 16.4. The fraction of sp³-hybridized carbons (Fsp3) is 0.362. The van der Waals surface area contributed by atoms with Crippen LogP contribution < -0.4 is 15.1 Å². The number of amides is 4. The molecule has 6 aliphatic heterocycles. The zero-order valence-corrected chi connectivity index (χ0v) is 32.8. The zero-order valence-electron chi connectivity index (χ0n) is 32.8. The van der Waals surface area contributed by atoms with Crippen LogP contribution in [0.3, 0.4) is 0 Å². The second kappa shape index (κ2) is 15.4. The number of benzene rings is 4. The molecule has 58 heavy (non-hydrogen) atoms. The number of carbonyl (C=O) groups excluding carboxylic acids is 4. The summed E-state index contributed by atoms with van der Waals surface area (Å²) < 4.78 is 0. The Bertz CT molecular complexity index is 2280. The number of allylic oxidation sites excluding steroid dienone is 1. The molecule has 298 valence electrons. The summed E-state index contributed by atoms with van der Waals surface area (Å²) in [5, 5.41) is 22.2. The van der Waals surface area contributed by atoms with E-state index in [0.29, 0.717) is 29.1 Å². The van der Waals surface area contributed by atoms with Crippen LogP contribution >= 0.6 is 0 Å². The summed E-state index contributed by atoms with van der Waals surface area (Å²) in [7, 11) is 0. The largest absolute Gasteiger partial charge is 0.508 e. The first-order chi connectivity index (χ1) is 28.1. The molecule has 3 N–H and O–H groups in total. The Hall–Kier alpha value is -5.94. The van der Waals surface area contributed by atoms with Crippen LogP contribution in [0.5, 0.6) is 11.5 Å². The lowest BCUT2D eigenvalue weighted by Crippen LogP contribution is -2.63. The molecule has 3 atom stereocenters. The number of nitrogens with zero attached hydrogens (tertiary/aromatic N) is 4. The SMILES string of the molecule is CCC(=C(c1ccc(O)cc1)c1ccc(N2CCC(CN3CC4CCC3CN4c3ccc4c(c3)C(=O)N(C3CCC(=O)NC3=O)C4=O)CC2)cc1)c1ccc(O)cc1. The molecule has 2 bridgehead atoms. The van der Waals surface area contributed by atoms with E-state index >= 15 is 0 Å². The van der Waals surface area contributed by atoms with Crippen molar-refractivity contribution in [3.05, 3.63) is 119 Å². The topological polar surface area (TPSA) is 134 Å². The number of piperidine rings is 4. The number of hydrogen-bond acceptors (Lipinski definition) is 9. The van der Waals surface area contributed by atoms with E-state index in [1.54, 1.807) is 30.3 Å². The third kappa shape index (κ3) is 7.01. The van der Waals surface area contributed by atoms with Crippen LogP contribution in [0.4, 0.5) is 11.4 Å². The molecule has 11 heteroatoms. The van der Waals surface area contributed by atoms with Crippen LogP contribution in [0.1, 0.15) is 89.3 Å². The predicted molar refractivity (Wildman–Crippen MR) is 223 cm³/mol. The molecule has 5 fully saturated rings. The van der Waals surface area contributed by atoms with Gasteiger partial charge in [-0.25, -0.2) is 0 Å². The van der Waals surface area contributed by atoms with Crippen molar-refractivity contribution in [1.82, 2.24) is 15.1 Å². The van der Waals surface area contributed by atoms with E-state index in [1.165, 1.54) is 11.3 Å². The molecule has 6 aliphatic rings. The van der Waals surface area contributed by atoms with Gasteiger partial charge in [-0.05, 0) is 127 Å². The molecule has 4 aromatic carbocycles. The van der Waals surface area contributed by atoms with Gasteiger partial charge in [0.15, 0.2) is 0 Å². The van der Waals surface area contributed by atoms with Crippen molar-refractivity contribution in [2.45, 2.75) is 70.0 Å². The summed E-state index contributed by atoms with van der Waals surface area (Å²) in [5.74, 6) is -0.825. The molecule has 0 spiro atoms. The Balaban J connectivity index is 0.831. The molecular weight excluding hydrogens is 731 g/mol. The highest BCUT2D eigenvalue weighted by molar-refractivity contribution is 6.23. The number of phenols is 2. The number of rotatable bonds is 9. The molecule has 0 aliphatic carbocycles. The maximum absolute atomic E-state index is 13.5. The van der Waals surface area contributed by atoms with Gasteiger partial charge in [0.2, 0.25) is 11.8 Å². The Morgan fingerprint density at radius 1 is 0.672 bits per heavy atom. The molecule has 11 nitrogen and oxygen atoms in total. The van der Waals surface area contributed by atoms with Crippen molar-refractivity contribution in [1.29, 1.82) is 0 Å². The number of carbonyl (C=O) groups is 4. The molecule has 10 rings (SSSR count). The number of fused-ring (bicyclic) bond motifs is 4. The molecule has 0 saturated carbocycles. The number of phenolic OH excluding ortho intramolecular Hbond substituents is 2. The van der Waals surface area contributed by atoms with Gasteiger partial charge < -0.3 is 20.0 Å². The van der Waals surface area contributed by atoms with E-state index in [4.69, 9.17) is 0 Å². The van der Waals surface area contributed by atoms with Crippen LogP contribution in [0.25, 0.3) is 11.1 Å². The first kappa shape index (κ1) is 37.6. The summed E-state index contributed by atoms with van der Waals surface area (Å²) in [6, 6.07) is 28.9. The van der Waals surface area contributed by atoms with Gasteiger partial charge in [-0.2, -0.15) is 0 Å². The first-order valence-corrected chi connectivity index (χ1v) is 20.7. The Morgan fingerprint density at radius 2 is 1.28 bits per heavy atom. The van der Waals surface area contributed by atoms with E-state index in [-0.39, 0.29) is 30.2 Å². The summed E-state index contributed by atoms with van der Waals surface area (Å²) in [6.07, 6.45) is 5.53. The summed E-state index contributed by atoms with van der Waals surface area (Å²) in [4.78, 5) is 59.6. The number of aromatic hydroxyl groups is 2. The minimum atomic E-state index is -0.967. The molecule has 4 aromatic rings. The highest BCUT2D eigenvalue weighted by Gasteiger charge is 2.46. The molecule has 3 unspecified atom stereocenters. The third-order valence-electron chi connectivity index (χ3n) is 13.1. The molecule has 5 saturated heterocycles. The fourth-order valence-corrected chi connectivity index (χ4v) is 9.97. The maximum Gasteiger partial charge on any atom is 0.262 e. The van der Waals surface area contributed by atoms with Gasteiger partial charge in [-0.15, -0.1) is 0 Å². The van der Waals surface area contributed by atoms with Gasteiger partial charge in [0.05, 0.1) is 11.1 Å². The minimum Gasteiger partial charge on any atom is -0.508 e. The van der Waals surface area contributed by atoms with Crippen molar-refractivity contribution in [2.24, 2.45) is 5.92 Å². The number of piperazine rings is 1. The van der Waals surface area contributed by atoms with Crippen LogP contribution in [0, 0.1) is 5.92 Å². The number of nitrogens with one attached hydrogen (secondary N) is 1. The highest BCUT2D eigenvalue weighted by atomic mass is 16.3. The minimum absolute atomic E-state index is 0.0995. The van der Waals surface area contributed by atoms with Gasteiger partial charge in [0.25, 0.3) is 11.8 Å².